The van der Waals surface area contributed by atoms with Gasteiger partial charge in [-0.3, -0.25) is 4.90 Å². The molecule has 1 atom stereocenters. The second-order valence-corrected chi connectivity index (χ2v) is 7.08. The van der Waals surface area contributed by atoms with Gasteiger partial charge in [0.1, 0.15) is 6.33 Å². The van der Waals surface area contributed by atoms with Gasteiger partial charge in [0.05, 0.1) is 0 Å². The molecule has 0 saturated carbocycles. The minimum atomic E-state index is 0. The van der Waals surface area contributed by atoms with Crippen LogP contribution in [0.3, 0.4) is 0 Å². The van der Waals surface area contributed by atoms with Gasteiger partial charge in [0.25, 0.3) is 0 Å². The van der Waals surface area contributed by atoms with E-state index in [-0.39, 0.29) is 24.8 Å². The Labute approximate surface area is 174 Å². The summed E-state index contributed by atoms with van der Waals surface area (Å²) in [5, 5.41) is 0. The van der Waals surface area contributed by atoms with Crippen molar-refractivity contribution in [2.24, 2.45) is 5.92 Å². The summed E-state index contributed by atoms with van der Waals surface area (Å²) in [6, 6.07) is 10.8. The Hall–Kier alpha value is -1.68. The van der Waals surface area contributed by atoms with Crippen molar-refractivity contribution in [2.75, 3.05) is 19.6 Å². The zero-order valence-corrected chi connectivity index (χ0v) is 17.1. The molecule has 0 unspecified atom stereocenters. The molecule has 2 heterocycles. The smallest absolute Gasteiger partial charge is 0.115 e. The Morgan fingerprint density at radius 2 is 1.70 bits per heavy atom. The summed E-state index contributed by atoms with van der Waals surface area (Å²) in [7, 11) is 0. The van der Waals surface area contributed by atoms with Crippen molar-refractivity contribution in [3.8, 4) is 0 Å². The van der Waals surface area contributed by atoms with Crippen LogP contribution in [0, 0.1) is 5.92 Å². The molecule has 0 saturated heterocycles. The number of hydrogen-bond donors (Lipinski definition) is 0. The van der Waals surface area contributed by atoms with Crippen molar-refractivity contribution in [1.82, 2.24) is 14.9 Å². The molecular formula is C22H27Cl2N3. The summed E-state index contributed by atoms with van der Waals surface area (Å²) in [5.74, 6) is 0.649. The highest BCUT2D eigenvalue weighted by molar-refractivity contribution is 5.85. The van der Waals surface area contributed by atoms with Gasteiger partial charge in [0, 0.05) is 37.6 Å². The van der Waals surface area contributed by atoms with E-state index in [2.05, 4.69) is 57.4 Å². The maximum atomic E-state index is 4.17. The lowest BCUT2D eigenvalue weighted by molar-refractivity contribution is 0.262. The number of rotatable bonds is 4. The first-order valence-corrected chi connectivity index (χ1v) is 9.31. The van der Waals surface area contributed by atoms with E-state index in [1.165, 1.54) is 35.1 Å². The molecule has 0 N–H and O–H groups in total. The number of allylic oxidation sites excluding steroid dienone is 1. The van der Waals surface area contributed by atoms with Crippen molar-refractivity contribution < 1.29 is 0 Å². The fourth-order valence-electron chi connectivity index (χ4n) is 3.98. The van der Waals surface area contributed by atoms with Crippen LogP contribution in [0.1, 0.15) is 36.8 Å². The summed E-state index contributed by atoms with van der Waals surface area (Å²) in [6.07, 6.45) is 15.2. The van der Waals surface area contributed by atoms with Crippen LogP contribution in [0.25, 0.3) is 11.1 Å². The Morgan fingerprint density at radius 1 is 0.926 bits per heavy atom. The van der Waals surface area contributed by atoms with Gasteiger partial charge in [-0.1, -0.05) is 42.5 Å². The van der Waals surface area contributed by atoms with E-state index in [0.29, 0.717) is 5.92 Å². The summed E-state index contributed by atoms with van der Waals surface area (Å²) in [5.41, 5.74) is 5.50. The van der Waals surface area contributed by atoms with E-state index < -0.39 is 0 Å². The second-order valence-electron chi connectivity index (χ2n) is 7.08. The molecule has 1 aromatic carbocycles. The molecule has 1 aliphatic carbocycles. The third-order valence-corrected chi connectivity index (χ3v) is 5.32. The lowest BCUT2D eigenvalue weighted by Gasteiger charge is -2.31. The van der Waals surface area contributed by atoms with Crippen molar-refractivity contribution >= 4 is 36.0 Å². The Balaban J connectivity index is 0.00000131. The molecule has 3 nitrogen and oxygen atoms in total. The number of halogens is 2. The molecule has 0 radical (unpaired) electrons. The molecule has 0 amide bonds. The van der Waals surface area contributed by atoms with Crippen molar-refractivity contribution in [2.45, 2.75) is 25.7 Å². The molecule has 1 aromatic heterocycles. The first-order valence-electron chi connectivity index (χ1n) is 9.31. The van der Waals surface area contributed by atoms with Crippen molar-refractivity contribution in [3.05, 3.63) is 72.3 Å². The SMILES string of the molecule is C1=C(c2cncnc2)CCC[C@H]1CN1CC=C(c2ccccc2)CC1.Cl.Cl. The largest absolute Gasteiger partial charge is 0.299 e. The maximum Gasteiger partial charge on any atom is 0.115 e. The lowest BCUT2D eigenvalue weighted by atomic mass is 9.87. The summed E-state index contributed by atoms with van der Waals surface area (Å²) < 4.78 is 0. The highest BCUT2D eigenvalue weighted by Gasteiger charge is 2.20. The van der Waals surface area contributed by atoms with Crippen LogP contribution < -0.4 is 0 Å². The molecule has 1 aliphatic heterocycles. The number of aromatic nitrogens is 2. The van der Waals surface area contributed by atoms with Gasteiger partial charge in [-0.25, -0.2) is 9.97 Å². The quantitative estimate of drug-likeness (QED) is 0.693. The van der Waals surface area contributed by atoms with Crippen LogP contribution in [0.4, 0.5) is 0 Å². The topological polar surface area (TPSA) is 29.0 Å². The molecule has 5 heteroatoms. The van der Waals surface area contributed by atoms with Crippen molar-refractivity contribution in [1.29, 1.82) is 0 Å². The van der Waals surface area contributed by atoms with Gasteiger partial charge in [-0.05, 0) is 48.3 Å². The molecule has 27 heavy (non-hydrogen) atoms. The minimum Gasteiger partial charge on any atom is -0.299 e. The second kappa shape index (κ2) is 10.6. The first kappa shape index (κ1) is 21.6. The molecular weight excluding hydrogens is 377 g/mol. The highest BCUT2D eigenvalue weighted by Crippen LogP contribution is 2.30. The van der Waals surface area contributed by atoms with E-state index in [0.717, 1.165) is 32.5 Å². The first-order chi connectivity index (χ1) is 12.4. The highest BCUT2D eigenvalue weighted by atomic mass is 35.5. The van der Waals surface area contributed by atoms with Gasteiger partial charge in [0.15, 0.2) is 0 Å². The zero-order valence-electron chi connectivity index (χ0n) is 15.5. The predicted molar refractivity (Wildman–Crippen MR) is 117 cm³/mol. The average Bonchev–Trinajstić information content (AvgIpc) is 2.70. The molecule has 4 rings (SSSR count). The third kappa shape index (κ3) is 5.65. The Morgan fingerprint density at radius 3 is 2.41 bits per heavy atom. The van der Waals surface area contributed by atoms with E-state index in [1.807, 2.05) is 12.4 Å². The third-order valence-electron chi connectivity index (χ3n) is 5.32. The van der Waals surface area contributed by atoms with Crippen LogP contribution in [-0.4, -0.2) is 34.5 Å². The fourth-order valence-corrected chi connectivity index (χ4v) is 3.98. The van der Waals surface area contributed by atoms with Gasteiger partial charge in [0.2, 0.25) is 0 Å². The molecule has 0 spiro atoms. The number of hydrogen-bond acceptors (Lipinski definition) is 3. The van der Waals surface area contributed by atoms with Crippen molar-refractivity contribution in [3.63, 3.8) is 0 Å². The van der Waals surface area contributed by atoms with Crippen LogP contribution in [0.15, 0.2) is 61.2 Å². The van der Waals surface area contributed by atoms with E-state index in [1.54, 1.807) is 6.33 Å². The van der Waals surface area contributed by atoms with Crippen LogP contribution >= 0.6 is 24.8 Å². The lowest BCUT2D eigenvalue weighted by Crippen LogP contribution is -2.33. The molecule has 0 bridgehead atoms. The maximum absolute atomic E-state index is 4.17. The molecule has 144 valence electrons. The van der Waals surface area contributed by atoms with E-state index >= 15 is 0 Å². The average molecular weight is 404 g/mol. The van der Waals surface area contributed by atoms with Crippen LogP contribution in [0.5, 0.6) is 0 Å². The number of benzene rings is 1. The zero-order chi connectivity index (χ0) is 16.9. The summed E-state index contributed by atoms with van der Waals surface area (Å²) in [6.45, 7) is 3.39. The standard InChI is InChI=1S/C22H25N3.2ClH/c1-2-6-19(7-3-1)20-9-11-25(12-10-20)16-18-5-4-8-21(13-18)22-14-23-17-24-15-22;;/h1-3,6-7,9,13-15,17-18H,4-5,8,10-12,16H2;2*1H/t18-;;/m1../s1. The Kier molecular flexibility index (Phi) is 8.49. The summed E-state index contributed by atoms with van der Waals surface area (Å²) >= 11 is 0. The number of nitrogens with zero attached hydrogens (tertiary/aromatic N) is 3. The van der Waals surface area contributed by atoms with Crippen LogP contribution in [0.2, 0.25) is 0 Å². The molecule has 2 aromatic rings. The molecule has 2 aliphatic rings. The van der Waals surface area contributed by atoms with Gasteiger partial charge < -0.3 is 0 Å². The van der Waals surface area contributed by atoms with Crippen LogP contribution in [-0.2, 0) is 0 Å². The Bertz CT molecular complexity index is 760. The monoisotopic (exact) mass is 403 g/mol. The minimum absolute atomic E-state index is 0. The summed E-state index contributed by atoms with van der Waals surface area (Å²) in [4.78, 5) is 10.9. The van der Waals surface area contributed by atoms with Gasteiger partial charge in [-0.2, -0.15) is 0 Å². The normalized spacial score (nSPS) is 19.9. The van der Waals surface area contributed by atoms with E-state index in [9.17, 15) is 0 Å². The molecule has 0 fully saturated rings. The fraction of sp³-hybridized carbons (Fsp3) is 0.364. The predicted octanol–water partition coefficient (Wildman–Crippen LogP) is 5.29. The van der Waals surface area contributed by atoms with Gasteiger partial charge >= 0.3 is 0 Å². The van der Waals surface area contributed by atoms with E-state index in [4.69, 9.17) is 0 Å². The van der Waals surface area contributed by atoms with Gasteiger partial charge in [-0.15, -0.1) is 24.8 Å².